The summed E-state index contributed by atoms with van der Waals surface area (Å²) in [4.78, 5) is 4.65. The van der Waals surface area contributed by atoms with Crippen LogP contribution in [0.5, 0.6) is 0 Å². The van der Waals surface area contributed by atoms with Crippen LogP contribution in [0.25, 0.3) is 0 Å². The van der Waals surface area contributed by atoms with Crippen molar-refractivity contribution < 1.29 is 8.42 Å². The summed E-state index contributed by atoms with van der Waals surface area (Å²) in [6.07, 6.45) is 3.32. The molecule has 0 atom stereocenters. The Balaban J connectivity index is 2.29. The Hall–Kier alpha value is -1.27. The molecule has 1 fully saturated rings. The third kappa shape index (κ3) is 3.07. The van der Waals surface area contributed by atoms with Gasteiger partial charge in [-0.1, -0.05) is 6.07 Å². The van der Waals surface area contributed by atoms with Gasteiger partial charge < -0.3 is 15.5 Å². The summed E-state index contributed by atoms with van der Waals surface area (Å²) in [5.74, 6) is 0. The quantitative estimate of drug-likeness (QED) is 0.849. The van der Waals surface area contributed by atoms with Crippen LogP contribution in [0.15, 0.2) is 23.1 Å². The lowest BCUT2D eigenvalue weighted by Gasteiger charge is -2.37. The fourth-order valence-corrected chi connectivity index (χ4v) is 3.57. The molecule has 0 aromatic heterocycles. The van der Waals surface area contributed by atoms with Crippen molar-refractivity contribution in [3.05, 3.63) is 18.2 Å². The first kappa shape index (κ1) is 15.1. The summed E-state index contributed by atoms with van der Waals surface area (Å²) in [7, 11) is 0.825. The zero-order valence-electron chi connectivity index (χ0n) is 12.3. The van der Waals surface area contributed by atoms with E-state index in [4.69, 9.17) is 5.73 Å². The van der Waals surface area contributed by atoms with Gasteiger partial charge in [-0.15, -0.1) is 0 Å². The average Bonchev–Trinajstić information content (AvgIpc) is 2.37. The van der Waals surface area contributed by atoms with Crippen molar-refractivity contribution in [2.24, 2.45) is 0 Å². The molecule has 1 aliphatic heterocycles. The minimum Gasteiger partial charge on any atom is -0.396 e. The van der Waals surface area contributed by atoms with E-state index in [0.29, 0.717) is 11.7 Å². The Bertz CT molecular complexity index is 578. The highest BCUT2D eigenvalue weighted by Crippen LogP contribution is 2.31. The van der Waals surface area contributed by atoms with E-state index in [0.717, 1.165) is 31.6 Å². The Kier molecular flexibility index (Phi) is 4.25. The summed E-state index contributed by atoms with van der Waals surface area (Å²) in [6.45, 7) is 2.11. The van der Waals surface area contributed by atoms with Crippen LogP contribution >= 0.6 is 0 Å². The van der Waals surface area contributed by atoms with Crippen molar-refractivity contribution in [1.29, 1.82) is 0 Å². The summed E-state index contributed by atoms with van der Waals surface area (Å²) < 4.78 is 23.5. The normalized spacial score (nSPS) is 18.1. The van der Waals surface area contributed by atoms with E-state index in [2.05, 4.69) is 16.8 Å². The fraction of sp³-hybridized carbons (Fsp3) is 0.571. The molecule has 112 valence electrons. The van der Waals surface area contributed by atoms with Crippen molar-refractivity contribution >= 4 is 21.2 Å². The van der Waals surface area contributed by atoms with Crippen molar-refractivity contribution in [3.8, 4) is 0 Å². The van der Waals surface area contributed by atoms with Crippen molar-refractivity contribution in [1.82, 2.24) is 4.90 Å². The first-order valence-corrected chi connectivity index (χ1v) is 8.69. The van der Waals surface area contributed by atoms with E-state index in [1.807, 2.05) is 13.1 Å². The van der Waals surface area contributed by atoms with E-state index in [9.17, 15) is 8.42 Å². The maximum atomic E-state index is 11.7. The van der Waals surface area contributed by atoms with Gasteiger partial charge in [-0.2, -0.15) is 0 Å². The minimum absolute atomic E-state index is 0.217. The van der Waals surface area contributed by atoms with Crippen LogP contribution in [0.2, 0.25) is 0 Å². The molecule has 6 heteroatoms. The van der Waals surface area contributed by atoms with Gasteiger partial charge in [-0.3, -0.25) is 0 Å². The fourth-order valence-electron chi connectivity index (χ4n) is 2.74. The van der Waals surface area contributed by atoms with Crippen molar-refractivity contribution in [2.45, 2.75) is 23.8 Å². The Morgan fingerprint density at radius 2 is 1.90 bits per heavy atom. The number of rotatable bonds is 3. The Morgan fingerprint density at radius 1 is 1.30 bits per heavy atom. The lowest BCUT2D eigenvalue weighted by molar-refractivity contribution is 0.253. The second-order valence-corrected chi connectivity index (χ2v) is 7.59. The number of nitrogens with two attached hydrogens (primary N) is 1. The van der Waals surface area contributed by atoms with E-state index in [1.54, 1.807) is 12.1 Å². The molecule has 0 amide bonds. The minimum atomic E-state index is -3.29. The molecule has 0 bridgehead atoms. The van der Waals surface area contributed by atoms with Crippen LogP contribution in [0.3, 0.4) is 0 Å². The molecule has 1 aliphatic rings. The molecule has 0 spiro atoms. The monoisotopic (exact) mass is 297 g/mol. The van der Waals surface area contributed by atoms with Gasteiger partial charge in [0.25, 0.3) is 0 Å². The predicted molar refractivity (Wildman–Crippen MR) is 82.9 cm³/mol. The summed E-state index contributed by atoms with van der Waals surface area (Å²) in [5, 5.41) is 0. The number of nitrogen functional groups attached to an aromatic ring is 1. The lowest BCUT2D eigenvalue weighted by atomic mass is 10.0. The molecule has 5 nitrogen and oxygen atoms in total. The number of sulfone groups is 1. The molecule has 2 N–H and O–H groups in total. The zero-order valence-corrected chi connectivity index (χ0v) is 13.2. The molecule has 0 unspecified atom stereocenters. The third-order valence-corrected chi connectivity index (χ3v) is 5.21. The van der Waals surface area contributed by atoms with E-state index >= 15 is 0 Å². The summed E-state index contributed by atoms with van der Waals surface area (Å²) >= 11 is 0. The average molecular weight is 297 g/mol. The van der Waals surface area contributed by atoms with Crippen molar-refractivity contribution in [3.63, 3.8) is 0 Å². The van der Waals surface area contributed by atoms with Gasteiger partial charge >= 0.3 is 0 Å². The predicted octanol–water partition coefficient (Wildman–Crippen LogP) is 1.20. The SMILES string of the molecule is CN1CCC(N(C)c2cccc(S(C)(=O)=O)c2N)CC1. The highest BCUT2D eigenvalue weighted by Gasteiger charge is 2.23. The number of hydrogen-bond acceptors (Lipinski definition) is 5. The molecule has 20 heavy (non-hydrogen) atoms. The van der Waals surface area contributed by atoms with Crippen LogP contribution in [0.1, 0.15) is 12.8 Å². The molecule has 0 saturated carbocycles. The van der Waals surface area contributed by atoms with Gasteiger partial charge in [-0.05, 0) is 45.1 Å². The molecule has 2 rings (SSSR count). The number of benzene rings is 1. The second kappa shape index (κ2) is 5.61. The molecule has 1 aromatic carbocycles. The molecule has 1 saturated heterocycles. The summed E-state index contributed by atoms with van der Waals surface area (Å²) in [6, 6.07) is 5.62. The van der Waals surface area contributed by atoms with Gasteiger partial charge in [0, 0.05) is 19.3 Å². The number of para-hydroxylation sites is 1. The van der Waals surface area contributed by atoms with E-state index in [1.165, 1.54) is 6.26 Å². The summed E-state index contributed by atoms with van der Waals surface area (Å²) in [5.41, 5.74) is 7.24. The molecular formula is C14H23N3O2S. The van der Waals surface area contributed by atoms with Gasteiger partial charge in [0.05, 0.1) is 16.3 Å². The lowest BCUT2D eigenvalue weighted by Crippen LogP contribution is -2.42. The maximum Gasteiger partial charge on any atom is 0.177 e. The zero-order chi connectivity index (χ0) is 14.9. The van der Waals surface area contributed by atoms with Gasteiger partial charge in [0.15, 0.2) is 9.84 Å². The highest BCUT2D eigenvalue weighted by atomic mass is 32.2. The van der Waals surface area contributed by atoms with E-state index < -0.39 is 9.84 Å². The van der Waals surface area contributed by atoms with Gasteiger partial charge in [-0.25, -0.2) is 8.42 Å². The number of likely N-dealkylation sites (tertiary alicyclic amines) is 1. The van der Waals surface area contributed by atoms with Crippen molar-refractivity contribution in [2.75, 3.05) is 44.1 Å². The highest BCUT2D eigenvalue weighted by molar-refractivity contribution is 7.90. The number of hydrogen-bond donors (Lipinski definition) is 1. The largest absolute Gasteiger partial charge is 0.396 e. The first-order chi connectivity index (χ1) is 9.30. The van der Waals surface area contributed by atoms with Crippen LogP contribution in [-0.4, -0.2) is 52.8 Å². The van der Waals surface area contributed by atoms with Crippen LogP contribution < -0.4 is 10.6 Å². The van der Waals surface area contributed by atoms with Crippen LogP contribution in [-0.2, 0) is 9.84 Å². The van der Waals surface area contributed by atoms with Gasteiger partial charge in [0.1, 0.15) is 0 Å². The van der Waals surface area contributed by atoms with Crippen LogP contribution in [0.4, 0.5) is 11.4 Å². The van der Waals surface area contributed by atoms with Crippen LogP contribution in [0, 0.1) is 0 Å². The maximum absolute atomic E-state index is 11.7. The number of piperidine rings is 1. The van der Waals surface area contributed by atoms with Gasteiger partial charge in [0.2, 0.25) is 0 Å². The third-order valence-electron chi connectivity index (χ3n) is 4.06. The second-order valence-electron chi connectivity index (χ2n) is 5.61. The standard InChI is InChI=1S/C14H23N3O2S/c1-16-9-7-11(8-10-16)17(2)12-5-4-6-13(14(12)15)20(3,18)19/h4-6,11H,7-10,15H2,1-3H3. The topological polar surface area (TPSA) is 66.6 Å². The van der Waals surface area contributed by atoms with E-state index in [-0.39, 0.29) is 4.90 Å². The first-order valence-electron chi connectivity index (χ1n) is 6.80. The smallest absolute Gasteiger partial charge is 0.177 e. The molecule has 0 radical (unpaired) electrons. The molecule has 0 aliphatic carbocycles. The number of nitrogens with zero attached hydrogens (tertiary/aromatic N) is 2. The molecule has 1 aromatic rings. The Morgan fingerprint density at radius 3 is 2.45 bits per heavy atom. The Labute approximate surface area is 121 Å². The number of anilines is 2. The molecule has 1 heterocycles. The molecular weight excluding hydrogens is 274 g/mol.